The Balaban J connectivity index is 0.000000362. The lowest BCUT2D eigenvalue weighted by molar-refractivity contribution is 0.0600. The van der Waals surface area contributed by atoms with E-state index in [1.54, 1.807) is 12.1 Å². The monoisotopic (exact) mass is 384 g/mol. The summed E-state index contributed by atoms with van der Waals surface area (Å²) in [5, 5.41) is 0. The third-order valence-electron chi connectivity index (χ3n) is 1.94. The van der Waals surface area contributed by atoms with Gasteiger partial charge in [-0.15, -0.1) is 6.42 Å². The molecule has 0 N–H and O–H groups in total. The molecule has 19 heavy (non-hydrogen) atoms. The highest BCUT2D eigenvalue weighted by atomic mass is 127. The zero-order chi connectivity index (χ0) is 14.7. The third kappa shape index (κ3) is 9.35. The maximum atomic E-state index is 10.9. The fourth-order valence-corrected chi connectivity index (χ4v) is 1.88. The topological polar surface area (TPSA) is 26.3 Å². The summed E-state index contributed by atoms with van der Waals surface area (Å²) in [6.45, 7) is 4.51. The van der Waals surface area contributed by atoms with Gasteiger partial charge in [0.15, 0.2) is 0 Å². The van der Waals surface area contributed by atoms with E-state index < -0.39 is 8.80 Å². The maximum Gasteiger partial charge on any atom is 0.337 e. The molecule has 0 unspecified atom stereocenters. The van der Waals surface area contributed by atoms with E-state index in [4.69, 9.17) is 6.42 Å². The highest BCUT2D eigenvalue weighted by Crippen LogP contribution is 2.07. The zero-order valence-electron chi connectivity index (χ0n) is 11.4. The molecule has 0 bridgehead atoms. The third-order valence-corrected chi connectivity index (χ3v) is 3.68. The van der Waals surface area contributed by atoms with Gasteiger partial charge in [0, 0.05) is 18.4 Å². The number of ether oxygens (including phenoxy) is 1. The standard InChI is InChI=1S/C8H7IO2.C7H10Si/c1-11-8(10)6-2-4-7(9)5-3-6;1-4-5-6-7-8(2)3/h2-5H,1H3;1,8H,7H2,2-3H3. The molecule has 0 spiro atoms. The summed E-state index contributed by atoms with van der Waals surface area (Å²) >= 11 is 2.18. The average Bonchev–Trinajstić information content (AvgIpc) is 2.39. The van der Waals surface area contributed by atoms with Crippen LogP contribution in [0.4, 0.5) is 0 Å². The molecule has 0 radical (unpaired) electrons. The first-order valence-electron chi connectivity index (χ1n) is 5.78. The molecule has 0 saturated heterocycles. The maximum absolute atomic E-state index is 10.9. The Morgan fingerprint density at radius 3 is 2.37 bits per heavy atom. The SMILES string of the molecule is C#CC#CC[SiH](C)C.COC(=O)c1ccc(I)cc1. The van der Waals surface area contributed by atoms with Crippen molar-refractivity contribution in [1.82, 2.24) is 0 Å². The minimum Gasteiger partial charge on any atom is -0.465 e. The first-order valence-corrected chi connectivity index (χ1v) is 9.99. The van der Waals surface area contributed by atoms with Crippen molar-refractivity contribution in [2.24, 2.45) is 0 Å². The Labute approximate surface area is 130 Å². The van der Waals surface area contributed by atoms with Crippen molar-refractivity contribution in [2.45, 2.75) is 19.1 Å². The summed E-state index contributed by atoms with van der Waals surface area (Å²) in [4.78, 5) is 10.9. The van der Waals surface area contributed by atoms with Crippen LogP contribution in [0.15, 0.2) is 24.3 Å². The Hall–Kier alpha value is -1.24. The minimum absolute atomic E-state index is 0.290. The summed E-state index contributed by atoms with van der Waals surface area (Å²) < 4.78 is 5.64. The van der Waals surface area contributed by atoms with Gasteiger partial charge in [0.05, 0.1) is 12.7 Å². The molecule has 0 amide bonds. The van der Waals surface area contributed by atoms with Crippen molar-refractivity contribution >= 4 is 37.4 Å². The van der Waals surface area contributed by atoms with E-state index in [2.05, 4.69) is 58.2 Å². The van der Waals surface area contributed by atoms with Crippen LogP contribution in [0.2, 0.25) is 19.1 Å². The van der Waals surface area contributed by atoms with E-state index in [1.165, 1.54) is 7.11 Å². The number of terminal acetylenes is 1. The van der Waals surface area contributed by atoms with Crippen molar-refractivity contribution in [3.05, 3.63) is 33.4 Å². The normalized spacial score (nSPS) is 8.42. The Kier molecular flexibility index (Phi) is 9.96. The highest BCUT2D eigenvalue weighted by Gasteiger charge is 2.02. The van der Waals surface area contributed by atoms with Crippen LogP contribution in [0.3, 0.4) is 0 Å². The molecule has 4 heteroatoms. The number of methoxy groups -OCH3 is 1. The second-order valence-electron chi connectivity index (χ2n) is 4.04. The Morgan fingerprint density at radius 1 is 1.37 bits per heavy atom. The van der Waals surface area contributed by atoms with Gasteiger partial charge in [0.25, 0.3) is 0 Å². The van der Waals surface area contributed by atoms with E-state index in [9.17, 15) is 4.79 Å². The lowest BCUT2D eigenvalue weighted by atomic mass is 10.2. The van der Waals surface area contributed by atoms with Gasteiger partial charge in [0.2, 0.25) is 0 Å². The molecule has 0 fully saturated rings. The molecule has 0 atom stereocenters. The second-order valence-corrected chi connectivity index (χ2v) is 8.48. The van der Waals surface area contributed by atoms with Gasteiger partial charge in [-0.3, -0.25) is 0 Å². The van der Waals surface area contributed by atoms with E-state index >= 15 is 0 Å². The lowest BCUT2D eigenvalue weighted by Gasteiger charge is -1.97. The van der Waals surface area contributed by atoms with Crippen LogP contribution in [-0.2, 0) is 4.74 Å². The number of carbonyl (C=O) groups excluding carboxylic acids is 1. The van der Waals surface area contributed by atoms with Crippen LogP contribution >= 0.6 is 22.6 Å². The summed E-state index contributed by atoms with van der Waals surface area (Å²) in [7, 11) is 0.904. The highest BCUT2D eigenvalue weighted by molar-refractivity contribution is 14.1. The van der Waals surface area contributed by atoms with Gasteiger partial charge < -0.3 is 4.74 Å². The number of benzene rings is 1. The fourth-order valence-electron chi connectivity index (χ4n) is 1.01. The minimum atomic E-state index is -0.471. The predicted molar refractivity (Wildman–Crippen MR) is 90.8 cm³/mol. The molecule has 100 valence electrons. The zero-order valence-corrected chi connectivity index (χ0v) is 14.7. The summed E-state index contributed by atoms with van der Waals surface area (Å²) in [5.74, 6) is 7.50. The first-order chi connectivity index (χ1) is 9.01. The fraction of sp³-hybridized carbons (Fsp3) is 0.267. The van der Waals surface area contributed by atoms with Crippen LogP contribution in [0.25, 0.3) is 0 Å². The number of carbonyl (C=O) groups is 1. The smallest absolute Gasteiger partial charge is 0.337 e. The second kappa shape index (κ2) is 10.7. The first kappa shape index (κ1) is 17.8. The van der Waals surface area contributed by atoms with Crippen LogP contribution < -0.4 is 0 Å². The van der Waals surface area contributed by atoms with Gasteiger partial charge in [0.1, 0.15) is 0 Å². The lowest BCUT2D eigenvalue weighted by Crippen LogP contribution is -2.00. The molecule has 0 aliphatic rings. The van der Waals surface area contributed by atoms with E-state index in [-0.39, 0.29) is 5.97 Å². The molecule has 0 saturated carbocycles. The molecule has 0 aromatic heterocycles. The quantitative estimate of drug-likeness (QED) is 0.339. The van der Waals surface area contributed by atoms with Gasteiger partial charge in [-0.1, -0.05) is 19.0 Å². The molecule has 0 aliphatic carbocycles. The van der Waals surface area contributed by atoms with Crippen molar-refractivity contribution in [3.63, 3.8) is 0 Å². The van der Waals surface area contributed by atoms with Crippen molar-refractivity contribution < 1.29 is 9.53 Å². The predicted octanol–water partition coefficient (Wildman–Crippen LogP) is 3.19. The number of esters is 1. The van der Waals surface area contributed by atoms with Crippen molar-refractivity contribution in [3.8, 4) is 24.2 Å². The van der Waals surface area contributed by atoms with E-state index in [0.29, 0.717) is 5.56 Å². The van der Waals surface area contributed by atoms with Gasteiger partial charge in [-0.2, -0.15) is 0 Å². The average molecular weight is 384 g/mol. The van der Waals surface area contributed by atoms with E-state index in [1.807, 2.05) is 12.1 Å². The largest absolute Gasteiger partial charge is 0.465 e. The molecule has 0 aliphatic heterocycles. The van der Waals surface area contributed by atoms with Gasteiger partial charge in [-0.05, 0) is 58.7 Å². The summed E-state index contributed by atoms with van der Waals surface area (Å²) in [6.07, 6.45) is 4.91. The van der Waals surface area contributed by atoms with Crippen molar-refractivity contribution in [2.75, 3.05) is 7.11 Å². The Morgan fingerprint density at radius 2 is 1.95 bits per heavy atom. The Bertz CT molecular complexity index is 490. The van der Waals surface area contributed by atoms with Crippen LogP contribution in [0.1, 0.15) is 10.4 Å². The molecule has 1 rings (SSSR count). The molecule has 0 heterocycles. The van der Waals surface area contributed by atoms with Gasteiger partial charge >= 0.3 is 5.97 Å². The number of hydrogen-bond acceptors (Lipinski definition) is 2. The van der Waals surface area contributed by atoms with Crippen LogP contribution in [-0.4, -0.2) is 21.9 Å². The molecular weight excluding hydrogens is 367 g/mol. The summed E-state index contributed by atoms with van der Waals surface area (Å²) in [6, 6.07) is 8.27. The molecular formula is C15H17IO2Si. The van der Waals surface area contributed by atoms with Crippen LogP contribution in [0, 0.1) is 27.8 Å². The van der Waals surface area contributed by atoms with Crippen LogP contribution in [0.5, 0.6) is 0 Å². The van der Waals surface area contributed by atoms with Crippen molar-refractivity contribution in [1.29, 1.82) is 0 Å². The number of rotatable bonds is 2. The molecule has 2 nitrogen and oxygen atoms in total. The number of halogens is 1. The van der Waals surface area contributed by atoms with Gasteiger partial charge in [-0.25, -0.2) is 4.79 Å². The summed E-state index contributed by atoms with van der Waals surface area (Å²) in [5.41, 5.74) is 0.591. The number of hydrogen-bond donors (Lipinski definition) is 0. The van der Waals surface area contributed by atoms with E-state index in [0.717, 1.165) is 9.61 Å². The molecule has 1 aromatic carbocycles. The molecule has 1 aromatic rings.